The standard InChI is InChI=1S/C10H9Cl2NO2S/c11-5-1-2-6(7(12)3-5)9-13-8(4-16-9)10(14)15/h1-3,8-9,13H,4H2,(H,14,15)/t8-,9-/m1/s1. The second-order valence-corrected chi connectivity index (χ2v) is 5.42. The van der Waals surface area contributed by atoms with Crippen molar-refractivity contribution < 1.29 is 9.90 Å². The summed E-state index contributed by atoms with van der Waals surface area (Å²) in [6.07, 6.45) is 0. The molecule has 3 nitrogen and oxygen atoms in total. The molecule has 0 aromatic heterocycles. The van der Waals surface area contributed by atoms with E-state index in [1.807, 2.05) is 6.07 Å². The first-order chi connectivity index (χ1) is 7.58. The van der Waals surface area contributed by atoms with Crippen LogP contribution in [0.2, 0.25) is 10.0 Å². The minimum absolute atomic E-state index is 0.0779. The van der Waals surface area contributed by atoms with E-state index in [1.54, 1.807) is 12.1 Å². The van der Waals surface area contributed by atoms with E-state index >= 15 is 0 Å². The maximum Gasteiger partial charge on any atom is 0.321 e. The molecule has 1 fully saturated rings. The van der Waals surface area contributed by atoms with E-state index in [1.165, 1.54) is 11.8 Å². The Hall–Kier alpha value is -0.420. The van der Waals surface area contributed by atoms with E-state index in [0.29, 0.717) is 15.8 Å². The van der Waals surface area contributed by atoms with Crippen molar-refractivity contribution in [1.82, 2.24) is 5.32 Å². The van der Waals surface area contributed by atoms with Crippen molar-refractivity contribution in [2.24, 2.45) is 0 Å². The Kier molecular flexibility index (Phi) is 3.64. The number of rotatable bonds is 2. The predicted octanol–water partition coefficient (Wildman–Crippen LogP) is 2.78. The van der Waals surface area contributed by atoms with Crippen molar-refractivity contribution >= 4 is 40.9 Å². The molecule has 1 aliphatic rings. The topological polar surface area (TPSA) is 49.3 Å². The average molecular weight is 278 g/mol. The predicted molar refractivity (Wildman–Crippen MR) is 66.2 cm³/mol. The Labute approximate surface area is 107 Å². The number of hydrogen-bond donors (Lipinski definition) is 2. The van der Waals surface area contributed by atoms with Crippen LogP contribution in [0.1, 0.15) is 10.9 Å². The number of aliphatic carboxylic acids is 1. The van der Waals surface area contributed by atoms with Crippen LogP contribution in [0.3, 0.4) is 0 Å². The van der Waals surface area contributed by atoms with Crippen LogP contribution in [-0.2, 0) is 4.79 Å². The molecule has 16 heavy (non-hydrogen) atoms. The van der Waals surface area contributed by atoms with Crippen molar-refractivity contribution in [2.45, 2.75) is 11.4 Å². The van der Waals surface area contributed by atoms with Crippen molar-refractivity contribution in [3.8, 4) is 0 Å². The third-order valence-corrected chi connectivity index (χ3v) is 4.14. The van der Waals surface area contributed by atoms with Gasteiger partial charge in [0.1, 0.15) is 6.04 Å². The van der Waals surface area contributed by atoms with Gasteiger partial charge in [-0.2, -0.15) is 0 Å². The van der Waals surface area contributed by atoms with Gasteiger partial charge in [-0.25, -0.2) is 0 Å². The molecular weight excluding hydrogens is 269 g/mol. The molecule has 1 saturated heterocycles. The minimum atomic E-state index is -0.833. The molecule has 2 rings (SSSR count). The van der Waals surface area contributed by atoms with Crippen molar-refractivity contribution in [3.63, 3.8) is 0 Å². The van der Waals surface area contributed by atoms with E-state index in [-0.39, 0.29) is 5.37 Å². The third kappa shape index (κ3) is 2.46. The molecule has 0 bridgehead atoms. The lowest BCUT2D eigenvalue weighted by atomic mass is 10.2. The molecule has 1 aliphatic heterocycles. The maximum atomic E-state index is 10.8. The van der Waals surface area contributed by atoms with Crippen LogP contribution in [0.5, 0.6) is 0 Å². The van der Waals surface area contributed by atoms with E-state index in [4.69, 9.17) is 28.3 Å². The second-order valence-electron chi connectivity index (χ2n) is 3.44. The lowest BCUT2D eigenvalue weighted by Gasteiger charge is -2.13. The highest BCUT2D eigenvalue weighted by molar-refractivity contribution is 7.99. The molecule has 1 aromatic carbocycles. The summed E-state index contributed by atoms with van der Waals surface area (Å²) < 4.78 is 0. The van der Waals surface area contributed by atoms with E-state index in [0.717, 1.165) is 5.56 Å². The molecule has 6 heteroatoms. The van der Waals surface area contributed by atoms with Gasteiger partial charge in [0.2, 0.25) is 0 Å². The number of halogens is 2. The van der Waals surface area contributed by atoms with Gasteiger partial charge in [-0.1, -0.05) is 29.3 Å². The van der Waals surface area contributed by atoms with Crippen LogP contribution < -0.4 is 5.32 Å². The van der Waals surface area contributed by atoms with Crippen molar-refractivity contribution in [3.05, 3.63) is 33.8 Å². The fraction of sp³-hybridized carbons (Fsp3) is 0.300. The Balaban J connectivity index is 2.17. The number of carbonyl (C=O) groups is 1. The van der Waals surface area contributed by atoms with Crippen molar-refractivity contribution in [1.29, 1.82) is 0 Å². The Morgan fingerprint density at radius 2 is 2.25 bits per heavy atom. The van der Waals surface area contributed by atoms with Crippen LogP contribution in [-0.4, -0.2) is 22.9 Å². The third-order valence-electron chi connectivity index (χ3n) is 2.33. The van der Waals surface area contributed by atoms with Crippen LogP contribution >= 0.6 is 35.0 Å². The smallest absolute Gasteiger partial charge is 0.321 e. The number of carboxylic acids is 1. The molecule has 0 saturated carbocycles. The molecule has 86 valence electrons. The van der Waals surface area contributed by atoms with Gasteiger partial charge < -0.3 is 5.11 Å². The number of hydrogen-bond acceptors (Lipinski definition) is 3. The Bertz CT molecular complexity index is 427. The molecule has 0 unspecified atom stereocenters. The van der Waals surface area contributed by atoms with Gasteiger partial charge in [0.15, 0.2) is 0 Å². The molecule has 0 aliphatic carbocycles. The van der Waals surface area contributed by atoms with E-state index in [9.17, 15) is 4.79 Å². The summed E-state index contributed by atoms with van der Waals surface area (Å²) in [5, 5.41) is 12.9. The molecule has 0 spiro atoms. The van der Waals surface area contributed by atoms with Gasteiger partial charge in [0, 0.05) is 15.8 Å². The summed E-state index contributed by atoms with van der Waals surface area (Å²) in [5.74, 6) is -0.293. The molecule has 0 amide bonds. The number of benzene rings is 1. The summed E-state index contributed by atoms with van der Waals surface area (Å²) in [6, 6.07) is 4.72. The van der Waals surface area contributed by atoms with Crippen LogP contribution in [0, 0.1) is 0 Å². The molecule has 0 radical (unpaired) electrons. The SMILES string of the molecule is O=C(O)[C@H]1CS[C@H](c2ccc(Cl)cc2Cl)N1. The van der Waals surface area contributed by atoms with E-state index < -0.39 is 12.0 Å². The molecule has 2 N–H and O–H groups in total. The largest absolute Gasteiger partial charge is 0.480 e. The monoisotopic (exact) mass is 277 g/mol. The highest BCUT2D eigenvalue weighted by Crippen LogP contribution is 2.37. The second kappa shape index (κ2) is 4.84. The Morgan fingerprint density at radius 1 is 1.50 bits per heavy atom. The number of thioether (sulfide) groups is 1. The summed E-state index contributed by atoms with van der Waals surface area (Å²) in [5.41, 5.74) is 0.875. The fourth-order valence-electron chi connectivity index (χ4n) is 1.51. The molecular formula is C10H9Cl2NO2S. The van der Waals surface area contributed by atoms with Crippen LogP contribution in [0.4, 0.5) is 0 Å². The van der Waals surface area contributed by atoms with Gasteiger partial charge in [-0.05, 0) is 17.7 Å². The highest BCUT2D eigenvalue weighted by atomic mass is 35.5. The first-order valence-electron chi connectivity index (χ1n) is 4.63. The summed E-state index contributed by atoms with van der Waals surface area (Å²) in [6.45, 7) is 0. The first kappa shape index (κ1) is 12.0. The summed E-state index contributed by atoms with van der Waals surface area (Å²) in [4.78, 5) is 10.8. The normalized spacial score (nSPS) is 24.6. The zero-order valence-corrected chi connectivity index (χ0v) is 10.4. The lowest BCUT2D eigenvalue weighted by molar-refractivity contribution is -0.138. The number of nitrogens with one attached hydrogen (secondary N) is 1. The molecule has 2 atom stereocenters. The van der Waals surface area contributed by atoms with Crippen molar-refractivity contribution in [2.75, 3.05) is 5.75 Å². The zero-order chi connectivity index (χ0) is 11.7. The van der Waals surface area contributed by atoms with Crippen LogP contribution in [0.25, 0.3) is 0 Å². The quantitative estimate of drug-likeness (QED) is 0.873. The van der Waals surface area contributed by atoms with Gasteiger partial charge in [0.25, 0.3) is 0 Å². The minimum Gasteiger partial charge on any atom is -0.480 e. The number of carboxylic acid groups (broad SMARTS) is 1. The van der Waals surface area contributed by atoms with E-state index in [2.05, 4.69) is 5.32 Å². The maximum absolute atomic E-state index is 10.8. The van der Waals surface area contributed by atoms with Crippen LogP contribution in [0.15, 0.2) is 18.2 Å². The first-order valence-corrected chi connectivity index (χ1v) is 6.44. The molecule has 1 aromatic rings. The summed E-state index contributed by atoms with van der Waals surface area (Å²) >= 11 is 13.4. The summed E-state index contributed by atoms with van der Waals surface area (Å²) in [7, 11) is 0. The fourth-order valence-corrected chi connectivity index (χ4v) is 3.36. The van der Waals surface area contributed by atoms with Gasteiger partial charge in [0.05, 0.1) is 5.37 Å². The lowest BCUT2D eigenvalue weighted by Crippen LogP contribution is -2.33. The van der Waals surface area contributed by atoms with Gasteiger partial charge >= 0.3 is 5.97 Å². The highest BCUT2D eigenvalue weighted by Gasteiger charge is 2.31. The van der Waals surface area contributed by atoms with Gasteiger partial charge in [-0.3, -0.25) is 10.1 Å². The average Bonchev–Trinajstić information content (AvgIpc) is 2.66. The zero-order valence-electron chi connectivity index (χ0n) is 8.11. The Morgan fingerprint density at radius 3 is 2.81 bits per heavy atom. The van der Waals surface area contributed by atoms with Gasteiger partial charge in [-0.15, -0.1) is 11.8 Å². The molecule has 1 heterocycles.